The van der Waals surface area contributed by atoms with E-state index in [-0.39, 0.29) is 11.3 Å². The highest BCUT2D eigenvalue weighted by molar-refractivity contribution is 6.02. The third-order valence-electron chi connectivity index (χ3n) is 3.90. The minimum atomic E-state index is -0.852. The summed E-state index contributed by atoms with van der Waals surface area (Å²) in [6.07, 6.45) is 5.70. The Morgan fingerprint density at radius 3 is 2.72 bits per heavy atom. The molecule has 1 saturated carbocycles. The molecule has 0 amide bonds. The molecule has 1 aliphatic carbocycles. The van der Waals surface area contributed by atoms with Gasteiger partial charge < -0.3 is 4.74 Å². The molecule has 1 aromatic rings. The van der Waals surface area contributed by atoms with Crippen molar-refractivity contribution in [3.63, 3.8) is 0 Å². The van der Waals surface area contributed by atoms with Crippen LogP contribution in [0.2, 0.25) is 0 Å². The van der Waals surface area contributed by atoms with Gasteiger partial charge in [0.15, 0.2) is 11.6 Å². The summed E-state index contributed by atoms with van der Waals surface area (Å²) >= 11 is 0. The van der Waals surface area contributed by atoms with Crippen molar-refractivity contribution in [2.45, 2.75) is 38.2 Å². The summed E-state index contributed by atoms with van der Waals surface area (Å²) in [4.78, 5) is 16.2. The molecule has 0 atom stereocenters. The molecule has 4 heteroatoms. The number of halogens is 1. The van der Waals surface area contributed by atoms with Gasteiger partial charge in [0, 0.05) is 13.3 Å². The number of Topliss-reactive ketones (excluding diaryl/α,β-unsaturated/α-hetero) is 1. The van der Waals surface area contributed by atoms with Crippen LogP contribution in [-0.4, -0.2) is 23.5 Å². The van der Waals surface area contributed by atoms with Gasteiger partial charge >= 0.3 is 0 Å². The number of nitrogens with zero attached hydrogens (tertiary/aromatic N) is 1. The number of carbonyl (C=O) groups excluding carboxylic acids is 1. The Labute approximate surface area is 106 Å². The molecular weight excluding hydrogens is 233 g/mol. The maximum atomic E-state index is 13.6. The molecule has 1 aliphatic rings. The number of hydrogen-bond acceptors (Lipinski definition) is 3. The Balaban J connectivity index is 2.28. The first-order chi connectivity index (χ1) is 8.59. The fourth-order valence-electron chi connectivity index (χ4n) is 2.56. The molecule has 0 aliphatic heterocycles. The standard InChI is InChI=1S/C14H18FNO2/c1-10-3-6-14(18-2,7-4-10)13(17)11-5-8-16-9-12(11)15/h5,8-10H,3-4,6-7H2,1-2H3. The van der Waals surface area contributed by atoms with Crippen molar-refractivity contribution in [3.8, 4) is 0 Å². The molecule has 1 heterocycles. The number of ketones is 1. The van der Waals surface area contributed by atoms with Crippen molar-refractivity contribution in [2.75, 3.05) is 7.11 Å². The Bertz CT molecular complexity index is 439. The topological polar surface area (TPSA) is 39.2 Å². The van der Waals surface area contributed by atoms with Crippen LogP contribution in [0.5, 0.6) is 0 Å². The molecule has 0 saturated heterocycles. The number of carbonyl (C=O) groups is 1. The normalized spacial score (nSPS) is 28.1. The SMILES string of the molecule is COC1(C(=O)c2ccncc2F)CCC(C)CC1. The Morgan fingerprint density at radius 2 is 2.17 bits per heavy atom. The molecule has 18 heavy (non-hydrogen) atoms. The van der Waals surface area contributed by atoms with Gasteiger partial charge in [0.2, 0.25) is 0 Å². The fourth-order valence-corrected chi connectivity index (χ4v) is 2.56. The minimum absolute atomic E-state index is 0.0846. The summed E-state index contributed by atoms with van der Waals surface area (Å²) in [7, 11) is 1.53. The van der Waals surface area contributed by atoms with Gasteiger partial charge in [-0.3, -0.25) is 9.78 Å². The molecule has 0 N–H and O–H groups in total. The third-order valence-corrected chi connectivity index (χ3v) is 3.90. The smallest absolute Gasteiger partial charge is 0.197 e. The summed E-state index contributed by atoms with van der Waals surface area (Å²) in [6.45, 7) is 2.16. The van der Waals surface area contributed by atoms with Gasteiger partial charge in [0.1, 0.15) is 5.60 Å². The molecular formula is C14H18FNO2. The predicted octanol–water partition coefficient (Wildman–Crippen LogP) is 3.00. The lowest BCUT2D eigenvalue weighted by Crippen LogP contribution is -2.44. The van der Waals surface area contributed by atoms with E-state index >= 15 is 0 Å². The Kier molecular flexibility index (Phi) is 3.76. The van der Waals surface area contributed by atoms with Crippen LogP contribution < -0.4 is 0 Å². The zero-order valence-electron chi connectivity index (χ0n) is 10.8. The van der Waals surface area contributed by atoms with E-state index in [1.807, 2.05) is 0 Å². The second-order valence-corrected chi connectivity index (χ2v) is 5.07. The molecule has 0 bridgehead atoms. The summed E-state index contributed by atoms with van der Waals surface area (Å²) in [6, 6.07) is 1.43. The molecule has 0 unspecified atom stereocenters. The molecule has 0 radical (unpaired) electrons. The van der Waals surface area contributed by atoms with Gasteiger partial charge in [0.25, 0.3) is 0 Å². The highest BCUT2D eigenvalue weighted by Gasteiger charge is 2.42. The van der Waals surface area contributed by atoms with E-state index < -0.39 is 11.4 Å². The number of aromatic nitrogens is 1. The van der Waals surface area contributed by atoms with Crippen LogP contribution in [0.3, 0.4) is 0 Å². The monoisotopic (exact) mass is 251 g/mol. The first-order valence-corrected chi connectivity index (χ1v) is 6.28. The van der Waals surface area contributed by atoms with Crippen molar-refractivity contribution in [1.29, 1.82) is 0 Å². The maximum Gasteiger partial charge on any atom is 0.197 e. The van der Waals surface area contributed by atoms with Crippen LogP contribution in [0, 0.1) is 11.7 Å². The number of methoxy groups -OCH3 is 1. The average Bonchev–Trinajstić information content (AvgIpc) is 2.40. The quantitative estimate of drug-likeness (QED) is 0.775. The summed E-state index contributed by atoms with van der Waals surface area (Å²) < 4.78 is 19.1. The maximum absolute atomic E-state index is 13.6. The van der Waals surface area contributed by atoms with Gasteiger partial charge in [-0.15, -0.1) is 0 Å². The van der Waals surface area contributed by atoms with Crippen molar-refractivity contribution in [2.24, 2.45) is 5.92 Å². The van der Waals surface area contributed by atoms with Crippen molar-refractivity contribution in [1.82, 2.24) is 4.98 Å². The Morgan fingerprint density at radius 1 is 1.50 bits per heavy atom. The number of pyridine rings is 1. The zero-order chi connectivity index (χ0) is 13.2. The molecule has 0 aromatic carbocycles. The van der Waals surface area contributed by atoms with Crippen LogP contribution in [-0.2, 0) is 4.74 Å². The van der Waals surface area contributed by atoms with Crippen LogP contribution in [0.1, 0.15) is 43.0 Å². The number of ether oxygens (including phenoxy) is 1. The van der Waals surface area contributed by atoms with E-state index in [1.54, 1.807) is 0 Å². The first kappa shape index (κ1) is 13.1. The second-order valence-electron chi connectivity index (χ2n) is 5.07. The first-order valence-electron chi connectivity index (χ1n) is 6.28. The van der Waals surface area contributed by atoms with Crippen LogP contribution in [0.25, 0.3) is 0 Å². The lowest BCUT2D eigenvalue weighted by Gasteiger charge is -2.36. The van der Waals surface area contributed by atoms with E-state index in [4.69, 9.17) is 4.74 Å². The van der Waals surface area contributed by atoms with E-state index in [0.29, 0.717) is 18.8 Å². The predicted molar refractivity (Wildman–Crippen MR) is 65.9 cm³/mol. The second kappa shape index (κ2) is 5.14. The van der Waals surface area contributed by atoms with Gasteiger partial charge in [-0.1, -0.05) is 6.92 Å². The van der Waals surface area contributed by atoms with E-state index in [0.717, 1.165) is 19.0 Å². The lowest BCUT2D eigenvalue weighted by molar-refractivity contribution is -0.0265. The zero-order valence-corrected chi connectivity index (χ0v) is 10.8. The molecule has 98 valence electrons. The van der Waals surface area contributed by atoms with Crippen LogP contribution in [0.15, 0.2) is 18.5 Å². The van der Waals surface area contributed by atoms with Gasteiger partial charge in [-0.2, -0.15) is 0 Å². The summed E-state index contributed by atoms with van der Waals surface area (Å²) in [5.41, 5.74) is -0.768. The molecule has 1 fully saturated rings. The number of hydrogen-bond donors (Lipinski definition) is 0. The molecule has 2 rings (SSSR count). The van der Waals surface area contributed by atoms with Crippen molar-refractivity contribution < 1.29 is 13.9 Å². The lowest BCUT2D eigenvalue weighted by atomic mass is 9.75. The molecule has 0 spiro atoms. The van der Waals surface area contributed by atoms with E-state index in [2.05, 4.69) is 11.9 Å². The highest BCUT2D eigenvalue weighted by Crippen LogP contribution is 2.37. The highest BCUT2D eigenvalue weighted by atomic mass is 19.1. The Hall–Kier alpha value is -1.29. The van der Waals surface area contributed by atoms with Crippen molar-refractivity contribution >= 4 is 5.78 Å². The number of rotatable bonds is 3. The van der Waals surface area contributed by atoms with E-state index in [1.165, 1.54) is 19.4 Å². The average molecular weight is 251 g/mol. The fraction of sp³-hybridized carbons (Fsp3) is 0.571. The molecule has 1 aromatic heterocycles. The van der Waals surface area contributed by atoms with Crippen LogP contribution in [0.4, 0.5) is 4.39 Å². The minimum Gasteiger partial charge on any atom is -0.370 e. The van der Waals surface area contributed by atoms with Crippen molar-refractivity contribution in [3.05, 3.63) is 29.8 Å². The third kappa shape index (κ3) is 2.29. The van der Waals surface area contributed by atoms with Gasteiger partial charge in [0.05, 0.1) is 11.8 Å². The molecule has 3 nitrogen and oxygen atoms in total. The van der Waals surface area contributed by atoms with E-state index in [9.17, 15) is 9.18 Å². The van der Waals surface area contributed by atoms with Gasteiger partial charge in [-0.25, -0.2) is 4.39 Å². The largest absolute Gasteiger partial charge is 0.370 e. The summed E-state index contributed by atoms with van der Waals surface area (Å²) in [5, 5.41) is 0. The van der Waals surface area contributed by atoms with Crippen LogP contribution >= 0.6 is 0 Å². The summed E-state index contributed by atoms with van der Waals surface area (Å²) in [5.74, 6) is -0.224. The van der Waals surface area contributed by atoms with Gasteiger partial charge in [-0.05, 0) is 37.7 Å².